The summed E-state index contributed by atoms with van der Waals surface area (Å²) in [5.74, 6) is 0.109. The molecule has 0 saturated carbocycles. The highest BCUT2D eigenvalue weighted by Gasteiger charge is 2.32. The lowest BCUT2D eigenvalue weighted by Crippen LogP contribution is -2.45. The number of hydrogen-bond acceptors (Lipinski definition) is 5. The van der Waals surface area contributed by atoms with Gasteiger partial charge in [-0.05, 0) is 79.3 Å². The van der Waals surface area contributed by atoms with Gasteiger partial charge in [0.15, 0.2) is 0 Å². The lowest BCUT2D eigenvalue weighted by molar-refractivity contribution is -0.120. The van der Waals surface area contributed by atoms with E-state index in [1.54, 1.807) is 16.4 Å². The van der Waals surface area contributed by atoms with Crippen LogP contribution in [0.1, 0.15) is 54.7 Å². The maximum Gasteiger partial charge on any atom is 0.243 e. The number of thiophene rings is 1. The molecule has 2 aromatic rings. The van der Waals surface area contributed by atoms with Crippen molar-refractivity contribution in [2.24, 2.45) is 0 Å². The molecule has 1 aromatic heterocycles. The Morgan fingerprint density at radius 2 is 1.88 bits per heavy atom. The van der Waals surface area contributed by atoms with Gasteiger partial charge in [-0.1, -0.05) is 6.92 Å². The molecule has 0 N–H and O–H groups in total. The number of nitrogens with zero attached hydrogens (tertiary/aromatic N) is 3. The van der Waals surface area contributed by atoms with Crippen LogP contribution in [0.3, 0.4) is 0 Å². The molecule has 0 bridgehead atoms. The Balaban J connectivity index is 1.35. The van der Waals surface area contributed by atoms with E-state index in [9.17, 15) is 13.2 Å². The zero-order valence-corrected chi connectivity index (χ0v) is 20.3. The van der Waals surface area contributed by atoms with E-state index in [1.807, 2.05) is 22.3 Å². The number of sulfonamides is 1. The van der Waals surface area contributed by atoms with Crippen LogP contribution >= 0.6 is 11.3 Å². The summed E-state index contributed by atoms with van der Waals surface area (Å²) in [6.07, 6.45) is 5.51. The predicted octanol–water partition coefficient (Wildman–Crippen LogP) is 3.82. The minimum absolute atomic E-state index is 0.109. The summed E-state index contributed by atoms with van der Waals surface area (Å²) in [4.78, 5) is 19.4. The van der Waals surface area contributed by atoms with Crippen LogP contribution in [0.15, 0.2) is 34.5 Å². The van der Waals surface area contributed by atoms with Crippen molar-refractivity contribution in [3.05, 3.63) is 45.6 Å². The maximum atomic E-state index is 13.4. The van der Waals surface area contributed by atoms with E-state index in [0.717, 1.165) is 56.3 Å². The molecule has 1 atom stereocenters. The van der Waals surface area contributed by atoms with Crippen LogP contribution < -0.4 is 4.90 Å². The Hall–Kier alpha value is -1.74. The summed E-state index contributed by atoms with van der Waals surface area (Å²) >= 11 is 1.82. The largest absolute Gasteiger partial charge is 0.311 e. The van der Waals surface area contributed by atoms with Gasteiger partial charge in [-0.15, -0.1) is 11.3 Å². The summed E-state index contributed by atoms with van der Waals surface area (Å²) in [5, 5.41) is 2.16. The number of amides is 1. The van der Waals surface area contributed by atoms with Crippen molar-refractivity contribution in [3.8, 4) is 0 Å². The Kier molecular flexibility index (Phi) is 6.13. The Labute approximate surface area is 194 Å². The molecule has 1 unspecified atom stereocenters. The SMILES string of the molecule is CCC1c2ccsc2CCN1CC(=O)N1CCCc2cc(S(=O)(=O)N3CCCC3)ccc21. The van der Waals surface area contributed by atoms with Crippen LogP contribution in [0.4, 0.5) is 5.69 Å². The van der Waals surface area contributed by atoms with E-state index in [4.69, 9.17) is 0 Å². The predicted molar refractivity (Wildman–Crippen MR) is 128 cm³/mol. The van der Waals surface area contributed by atoms with Gasteiger partial charge < -0.3 is 4.90 Å². The number of carbonyl (C=O) groups excluding carboxylic acids is 1. The van der Waals surface area contributed by atoms with Gasteiger partial charge in [0.2, 0.25) is 15.9 Å². The van der Waals surface area contributed by atoms with Crippen LogP contribution in [-0.4, -0.2) is 56.3 Å². The summed E-state index contributed by atoms with van der Waals surface area (Å²) in [5.41, 5.74) is 3.23. The summed E-state index contributed by atoms with van der Waals surface area (Å²) < 4.78 is 27.6. The van der Waals surface area contributed by atoms with E-state index < -0.39 is 10.0 Å². The first-order chi connectivity index (χ1) is 15.5. The van der Waals surface area contributed by atoms with Crippen LogP contribution in [0.5, 0.6) is 0 Å². The van der Waals surface area contributed by atoms with Crippen LogP contribution in [0.25, 0.3) is 0 Å². The van der Waals surface area contributed by atoms with Crippen molar-refractivity contribution in [2.75, 3.05) is 37.6 Å². The molecule has 0 aliphatic carbocycles. The van der Waals surface area contributed by atoms with Crippen LogP contribution in [-0.2, 0) is 27.7 Å². The molecular formula is C24H31N3O3S2. The Bertz CT molecular complexity index is 1110. The lowest BCUT2D eigenvalue weighted by atomic mass is 9.97. The molecule has 172 valence electrons. The molecule has 5 rings (SSSR count). The van der Waals surface area contributed by atoms with Gasteiger partial charge in [-0.2, -0.15) is 4.31 Å². The average Bonchev–Trinajstić information content (AvgIpc) is 3.50. The highest BCUT2D eigenvalue weighted by molar-refractivity contribution is 7.89. The number of hydrogen-bond donors (Lipinski definition) is 0. The van der Waals surface area contributed by atoms with Crippen molar-refractivity contribution >= 4 is 33.0 Å². The average molecular weight is 474 g/mol. The van der Waals surface area contributed by atoms with Crippen LogP contribution in [0.2, 0.25) is 0 Å². The van der Waals surface area contributed by atoms with Gasteiger partial charge in [0.25, 0.3) is 0 Å². The lowest BCUT2D eigenvalue weighted by Gasteiger charge is -2.37. The zero-order valence-electron chi connectivity index (χ0n) is 18.6. The number of aryl methyl sites for hydroxylation is 1. The fourth-order valence-corrected chi connectivity index (χ4v) is 7.94. The number of anilines is 1. The number of rotatable bonds is 5. The molecule has 1 amide bonds. The van der Waals surface area contributed by atoms with Gasteiger partial charge in [-0.3, -0.25) is 9.69 Å². The molecular weight excluding hydrogens is 442 g/mol. The molecule has 3 aliphatic heterocycles. The summed E-state index contributed by atoms with van der Waals surface area (Å²) in [6.45, 7) is 5.40. The molecule has 1 aromatic carbocycles. The second kappa shape index (κ2) is 8.89. The topological polar surface area (TPSA) is 60.9 Å². The van der Waals surface area contributed by atoms with E-state index in [2.05, 4.69) is 23.3 Å². The third-order valence-corrected chi connectivity index (χ3v) is 10.00. The number of benzene rings is 1. The Morgan fingerprint density at radius 1 is 1.06 bits per heavy atom. The molecule has 0 spiro atoms. The molecule has 32 heavy (non-hydrogen) atoms. The van der Waals surface area contributed by atoms with Crippen molar-refractivity contribution in [2.45, 2.75) is 56.4 Å². The minimum atomic E-state index is -3.44. The fourth-order valence-electron chi connectivity index (χ4n) is 5.45. The first-order valence-corrected chi connectivity index (χ1v) is 14.0. The van der Waals surface area contributed by atoms with Crippen LogP contribution in [0, 0.1) is 0 Å². The first kappa shape index (κ1) is 22.1. The molecule has 3 aliphatic rings. The number of carbonyl (C=O) groups is 1. The Morgan fingerprint density at radius 3 is 2.66 bits per heavy atom. The fraction of sp³-hybridized carbons (Fsp3) is 0.542. The second-order valence-corrected chi connectivity index (χ2v) is 11.9. The second-order valence-electron chi connectivity index (χ2n) is 8.99. The standard InChI is InChI=1S/C24H31N3O3S2/c1-2-21-20-10-15-31-23(20)9-14-25(21)17-24(28)27-13-5-6-18-16-19(7-8-22(18)27)32(29,30)26-11-3-4-12-26/h7-8,10,15-16,21H,2-6,9,11-14,17H2,1H3. The highest BCUT2D eigenvalue weighted by Crippen LogP contribution is 2.36. The summed E-state index contributed by atoms with van der Waals surface area (Å²) in [6, 6.07) is 7.84. The van der Waals surface area contributed by atoms with E-state index in [-0.39, 0.29) is 5.91 Å². The monoisotopic (exact) mass is 473 g/mol. The third kappa shape index (κ3) is 3.91. The molecule has 6 nitrogen and oxygen atoms in total. The number of fused-ring (bicyclic) bond motifs is 2. The van der Waals surface area contributed by atoms with Crippen molar-refractivity contribution in [1.29, 1.82) is 0 Å². The molecule has 8 heteroatoms. The minimum Gasteiger partial charge on any atom is -0.311 e. The third-order valence-electron chi connectivity index (χ3n) is 7.10. The van der Waals surface area contributed by atoms with E-state index >= 15 is 0 Å². The van der Waals surface area contributed by atoms with Gasteiger partial charge in [-0.25, -0.2) is 8.42 Å². The van der Waals surface area contributed by atoms with Crippen molar-refractivity contribution < 1.29 is 13.2 Å². The van der Waals surface area contributed by atoms with Crippen molar-refractivity contribution in [1.82, 2.24) is 9.21 Å². The summed E-state index contributed by atoms with van der Waals surface area (Å²) in [7, 11) is -3.44. The smallest absolute Gasteiger partial charge is 0.243 e. The molecule has 1 saturated heterocycles. The van der Waals surface area contributed by atoms with E-state index in [0.29, 0.717) is 37.1 Å². The molecule has 4 heterocycles. The highest BCUT2D eigenvalue weighted by atomic mass is 32.2. The van der Waals surface area contributed by atoms with E-state index in [1.165, 1.54) is 10.4 Å². The molecule has 0 radical (unpaired) electrons. The van der Waals surface area contributed by atoms with Gasteiger partial charge in [0.1, 0.15) is 0 Å². The normalized spacial score (nSPS) is 22.0. The van der Waals surface area contributed by atoms with Gasteiger partial charge >= 0.3 is 0 Å². The quantitative estimate of drug-likeness (QED) is 0.662. The molecule has 1 fully saturated rings. The zero-order chi connectivity index (χ0) is 22.3. The van der Waals surface area contributed by atoms with Gasteiger partial charge in [0, 0.05) is 42.8 Å². The first-order valence-electron chi connectivity index (χ1n) is 11.7. The van der Waals surface area contributed by atoms with Crippen molar-refractivity contribution in [3.63, 3.8) is 0 Å². The maximum absolute atomic E-state index is 13.4. The van der Waals surface area contributed by atoms with Gasteiger partial charge in [0.05, 0.1) is 11.4 Å².